The number of aliphatic hydroxyl groups is 1. The molecule has 0 amide bonds. The largest absolute Gasteiger partial charge is 0.392 e. The molecule has 0 radical (unpaired) electrons. The van der Waals surface area contributed by atoms with Gasteiger partial charge < -0.3 is 20.1 Å². The Labute approximate surface area is 125 Å². The van der Waals surface area contributed by atoms with Crippen LogP contribution in [0.3, 0.4) is 0 Å². The first kappa shape index (κ1) is 14.5. The van der Waals surface area contributed by atoms with E-state index in [1.54, 1.807) is 13.3 Å². The molecule has 3 atom stereocenters. The summed E-state index contributed by atoms with van der Waals surface area (Å²) in [6, 6.07) is 1.95. The van der Waals surface area contributed by atoms with E-state index in [9.17, 15) is 5.11 Å². The number of hydrogen-bond acceptors (Lipinski definition) is 6. The van der Waals surface area contributed by atoms with Crippen LogP contribution in [0.25, 0.3) is 0 Å². The highest BCUT2D eigenvalue weighted by molar-refractivity contribution is 5.49. The number of morpholine rings is 1. The lowest BCUT2D eigenvalue weighted by molar-refractivity contribution is -0.0273. The molecule has 1 aromatic rings. The number of nitrogens with zero attached hydrogens (tertiary/aromatic N) is 3. The normalized spacial score (nSPS) is 27.5. The molecule has 3 rings (SSSR count). The van der Waals surface area contributed by atoms with Crippen LogP contribution >= 0.6 is 0 Å². The van der Waals surface area contributed by atoms with Crippen LogP contribution in [0.2, 0.25) is 0 Å². The van der Waals surface area contributed by atoms with Gasteiger partial charge in [-0.05, 0) is 32.6 Å². The molecule has 1 saturated heterocycles. The van der Waals surface area contributed by atoms with E-state index in [4.69, 9.17) is 4.74 Å². The van der Waals surface area contributed by atoms with E-state index >= 15 is 0 Å². The highest BCUT2D eigenvalue weighted by Crippen LogP contribution is 2.37. The van der Waals surface area contributed by atoms with Gasteiger partial charge in [0.1, 0.15) is 18.0 Å². The Morgan fingerprint density at radius 3 is 2.95 bits per heavy atom. The molecule has 21 heavy (non-hydrogen) atoms. The molecule has 2 aliphatic rings. The molecular weight excluding hydrogens is 268 g/mol. The van der Waals surface area contributed by atoms with E-state index in [-0.39, 0.29) is 6.10 Å². The number of aromatic nitrogens is 2. The summed E-state index contributed by atoms with van der Waals surface area (Å²) < 4.78 is 6.04. The molecule has 0 bridgehead atoms. The van der Waals surface area contributed by atoms with Crippen molar-refractivity contribution in [2.24, 2.45) is 5.92 Å². The summed E-state index contributed by atoms with van der Waals surface area (Å²) >= 11 is 0. The van der Waals surface area contributed by atoms with Crippen molar-refractivity contribution in [1.82, 2.24) is 9.97 Å². The number of aliphatic hydroxyl groups excluding tert-OH is 1. The monoisotopic (exact) mass is 292 g/mol. The topological polar surface area (TPSA) is 70.5 Å². The molecule has 2 N–H and O–H groups in total. The summed E-state index contributed by atoms with van der Waals surface area (Å²) in [6.45, 7) is 6.12. The van der Waals surface area contributed by atoms with E-state index in [1.165, 1.54) is 12.8 Å². The number of ether oxygens (including phenoxy) is 1. The standard InChI is InChI=1S/C15H24N4O2/c1-10(20)6-16-14-5-15(18-9-17-14)19-7-11(2)21-13(8-19)12-3-4-12/h5,9-13,20H,3-4,6-8H2,1-2H3,(H,16,17,18)/t10-,11-,13+/m0/s1. The zero-order valence-electron chi connectivity index (χ0n) is 12.7. The fourth-order valence-electron chi connectivity index (χ4n) is 2.77. The maximum atomic E-state index is 9.34. The van der Waals surface area contributed by atoms with E-state index in [0.29, 0.717) is 12.6 Å². The number of nitrogens with one attached hydrogen (secondary N) is 1. The van der Waals surface area contributed by atoms with Crippen LogP contribution in [0.5, 0.6) is 0 Å². The molecular formula is C15H24N4O2. The van der Waals surface area contributed by atoms with Crippen molar-refractivity contribution in [2.45, 2.75) is 45.0 Å². The summed E-state index contributed by atoms with van der Waals surface area (Å²) in [5.74, 6) is 2.41. The average molecular weight is 292 g/mol. The molecule has 2 heterocycles. The van der Waals surface area contributed by atoms with Crippen LogP contribution in [-0.2, 0) is 4.74 Å². The first-order chi connectivity index (χ1) is 10.1. The van der Waals surface area contributed by atoms with Crippen molar-refractivity contribution in [3.05, 3.63) is 12.4 Å². The zero-order chi connectivity index (χ0) is 14.8. The molecule has 1 aliphatic carbocycles. The number of anilines is 2. The third kappa shape index (κ3) is 3.83. The van der Waals surface area contributed by atoms with Crippen LogP contribution in [0.4, 0.5) is 11.6 Å². The Kier molecular flexibility index (Phi) is 4.26. The fraction of sp³-hybridized carbons (Fsp3) is 0.733. The van der Waals surface area contributed by atoms with Crippen LogP contribution in [-0.4, -0.2) is 53.0 Å². The molecule has 0 spiro atoms. The Morgan fingerprint density at radius 2 is 2.24 bits per heavy atom. The van der Waals surface area contributed by atoms with Gasteiger partial charge in [-0.25, -0.2) is 9.97 Å². The molecule has 1 saturated carbocycles. The van der Waals surface area contributed by atoms with Crippen molar-refractivity contribution < 1.29 is 9.84 Å². The van der Waals surface area contributed by atoms with Crippen molar-refractivity contribution in [3.63, 3.8) is 0 Å². The second-order valence-electron chi connectivity index (χ2n) is 6.22. The van der Waals surface area contributed by atoms with E-state index < -0.39 is 6.10 Å². The summed E-state index contributed by atoms with van der Waals surface area (Å²) in [5.41, 5.74) is 0. The van der Waals surface area contributed by atoms with Crippen LogP contribution < -0.4 is 10.2 Å². The minimum Gasteiger partial charge on any atom is -0.392 e. The smallest absolute Gasteiger partial charge is 0.134 e. The lowest BCUT2D eigenvalue weighted by atomic mass is 10.1. The number of rotatable bonds is 5. The maximum Gasteiger partial charge on any atom is 0.134 e. The SMILES string of the molecule is C[C@H](O)CNc1cc(N2C[C@H](C)O[C@@H](C3CC3)C2)ncn1. The molecule has 2 fully saturated rings. The molecule has 0 aromatic carbocycles. The fourth-order valence-corrected chi connectivity index (χ4v) is 2.77. The quantitative estimate of drug-likeness (QED) is 0.852. The predicted molar refractivity (Wildman–Crippen MR) is 81.5 cm³/mol. The summed E-state index contributed by atoms with van der Waals surface area (Å²) in [5, 5.41) is 12.5. The van der Waals surface area contributed by atoms with E-state index in [2.05, 4.69) is 27.1 Å². The molecule has 0 unspecified atom stereocenters. The Bertz CT molecular complexity index is 478. The van der Waals surface area contributed by atoms with Gasteiger partial charge >= 0.3 is 0 Å². The minimum atomic E-state index is -0.397. The van der Waals surface area contributed by atoms with E-state index in [0.717, 1.165) is 30.6 Å². The summed E-state index contributed by atoms with van der Waals surface area (Å²) in [7, 11) is 0. The first-order valence-electron chi connectivity index (χ1n) is 7.76. The van der Waals surface area contributed by atoms with Crippen LogP contribution in [0.1, 0.15) is 26.7 Å². The van der Waals surface area contributed by atoms with Gasteiger partial charge in [-0.3, -0.25) is 0 Å². The summed E-state index contributed by atoms with van der Waals surface area (Å²) in [4.78, 5) is 10.9. The average Bonchev–Trinajstić information content (AvgIpc) is 3.29. The maximum absolute atomic E-state index is 9.34. The second kappa shape index (κ2) is 6.15. The highest BCUT2D eigenvalue weighted by Gasteiger charge is 2.37. The highest BCUT2D eigenvalue weighted by atomic mass is 16.5. The molecule has 116 valence electrons. The van der Waals surface area contributed by atoms with Gasteiger partial charge in [0.15, 0.2) is 0 Å². The van der Waals surface area contributed by atoms with Gasteiger partial charge in [0.2, 0.25) is 0 Å². The van der Waals surface area contributed by atoms with Gasteiger partial charge in [0, 0.05) is 25.7 Å². The van der Waals surface area contributed by atoms with Crippen LogP contribution in [0, 0.1) is 5.92 Å². The lowest BCUT2D eigenvalue weighted by Crippen LogP contribution is -2.47. The summed E-state index contributed by atoms with van der Waals surface area (Å²) in [6.07, 6.45) is 4.31. The van der Waals surface area contributed by atoms with Gasteiger partial charge in [-0.15, -0.1) is 0 Å². The Morgan fingerprint density at radius 1 is 1.43 bits per heavy atom. The van der Waals surface area contributed by atoms with Crippen molar-refractivity contribution >= 4 is 11.6 Å². The van der Waals surface area contributed by atoms with Gasteiger partial charge in [0.25, 0.3) is 0 Å². The second-order valence-corrected chi connectivity index (χ2v) is 6.22. The third-order valence-electron chi connectivity index (χ3n) is 3.99. The minimum absolute atomic E-state index is 0.230. The Balaban J connectivity index is 1.68. The molecule has 1 aromatic heterocycles. The Hall–Kier alpha value is -1.40. The van der Waals surface area contributed by atoms with Crippen molar-refractivity contribution in [2.75, 3.05) is 29.9 Å². The zero-order valence-corrected chi connectivity index (χ0v) is 12.7. The van der Waals surface area contributed by atoms with Crippen molar-refractivity contribution in [1.29, 1.82) is 0 Å². The molecule has 6 heteroatoms. The molecule has 6 nitrogen and oxygen atoms in total. The van der Waals surface area contributed by atoms with Gasteiger partial charge in [-0.2, -0.15) is 0 Å². The predicted octanol–water partition coefficient (Wildman–Crippen LogP) is 1.27. The van der Waals surface area contributed by atoms with E-state index in [1.807, 2.05) is 6.07 Å². The van der Waals surface area contributed by atoms with Gasteiger partial charge in [0.05, 0.1) is 18.3 Å². The molecule has 1 aliphatic heterocycles. The number of hydrogen-bond donors (Lipinski definition) is 2. The van der Waals surface area contributed by atoms with Crippen molar-refractivity contribution in [3.8, 4) is 0 Å². The third-order valence-corrected chi connectivity index (χ3v) is 3.99. The first-order valence-corrected chi connectivity index (χ1v) is 7.76. The lowest BCUT2D eigenvalue weighted by Gasteiger charge is -2.37. The van der Waals surface area contributed by atoms with Crippen LogP contribution in [0.15, 0.2) is 12.4 Å². The van der Waals surface area contributed by atoms with Gasteiger partial charge in [-0.1, -0.05) is 0 Å².